The number of ether oxygens (including phenoxy) is 3. The zero-order valence-electron chi connectivity index (χ0n) is 28.2. The molecule has 0 saturated carbocycles. The molecule has 2 N–H and O–H groups in total. The predicted octanol–water partition coefficient (Wildman–Crippen LogP) is 6.92. The van der Waals surface area contributed by atoms with Gasteiger partial charge in [0.05, 0.1) is 31.5 Å². The summed E-state index contributed by atoms with van der Waals surface area (Å²) < 4.78 is 60.7. The van der Waals surface area contributed by atoms with Crippen LogP contribution in [0.15, 0.2) is 46.8 Å². The molecule has 1 aromatic heterocycles. The van der Waals surface area contributed by atoms with Crippen molar-refractivity contribution in [2.75, 3.05) is 43.5 Å². The number of hydrogen-bond donors (Lipinski definition) is 2. The minimum atomic E-state index is -4.43. The summed E-state index contributed by atoms with van der Waals surface area (Å²) in [6.45, 7) is 9.37. The zero-order chi connectivity index (χ0) is 35.1. The molecular weight excluding hydrogens is 681 g/mol. The number of benzene rings is 2. The van der Waals surface area contributed by atoms with Crippen LogP contribution in [-0.4, -0.2) is 75.9 Å². The molecule has 0 spiro atoms. The fraction of sp³-hybridized carbons (Fsp3) is 0.515. The van der Waals surface area contributed by atoms with Crippen LogP contribution in [0, 0.1) is 5.82 Å². The number of carbonyl (C=O) groups is 1. The Kier molecular flexibility index (Phi) is 12.8. The Bertz CT molecular complexity index is 1640. The van der Waals surface area contributed by atoms with Crippen LogP contribution >= 0.6 is 22.9 Å². The van der Waals surface area contributed by atoms with Crippen LogP contribution < -0.4 is 24.4 Å². The topological polar surface area (TPSA) is 122 Å². The Morgan fingerprint density at radius 1 is 1.23 bits per heavy atom. The van der Waals surface area contributed by atoms with E-state index in [1.54, 1.807) is 28.5 Å². The lowest BCUT2D eigenvalue weighted by Gasteiger charge is -2.29. The van der Waals surface area contributed by atoms with E-state index in [4.69, 9.17) is 25.8 Å². The van der Waals surface area contributed by atoms with Gasteiger partial charge in [-0.15, -0.1) is 11.3 Å². The molecule has 15 heteroatoms. The molecule has 2 atom stereocenters. The molecule has 2 heterocycles. The summed E-state index contributed by atoms with van der Waals surface area (Å²) in [5, 5.41) is 8.53. The minimum absolute atomic E-state index is 0.0748. The number of amides is 1. The first kappa shape index (κ1) is 37.5. The number of sulfonamides is 1. The van der Waals surface area contributed by atoms with Crippen molar-refractivity contribution in [1.29, 1.82) is 0 Å². The predicted molar refractivity (Wildman–Crippen MR) is 188 cm³/mol. The maximum atomic E-state index is 15.6. The van der Waals surface area contributed by atoms with Gasteiger partial charge in [0.25, 0.3) is 10.0 Å². The first-order chi connectivity index (χ1) is 22.7. The summed E-state index contributed by atoms with van der Waals surface area (Å²) in [5.74, 6) is 0.0166. The molecule has 11 nitrogen and oxygen atoms in total. The molecule has 3 aromatic rings. The number of methoxy groups -OCH3 is 2. The van der Waals surface area contributed by atoms with E-state index in [-0.39, 0.29) is 34.9 Å². The van der Waals surface area contributed by atoms with Crippen LogP contribution in [0.3, 0.4) is 0 Å². The fourth-order valence-corrected chi connectivity index (χ4v) is 8.03. The number of rotatable bonds is 15. The molecule has 1 unspecified atom stereocenters. The summed E-state index contributed by atoms with van der Waals surface area (Å²) in [6, 6.07) is 7.52. The van der Waals surface area contributed by atoms with Crippen molar-refractivity contribution in [3.05, 3.63) is 58.3 Å². The molecule has 0 bridgehead atoms. The lowest BCUT2D eigenvalue weighted by atomic mass is 10.1. The number of likely N-dealkylation sites (tertiary alicyclic amines) is 1. The van der Waals surface area contributed by atoms with Gasteiger partial charge >= 0.3 is 6.09 Å². The van der Waals surface area contributed by atoms with E-state index in [1.807, 2.05) is 20.8 Å². The minimum Gasteiger partial charge on any atom is -0.497 e. The Morgan fingerprint density at radius 3 is 2.67 bits per heavy atom. The van der Waals surface area contributed by atoms with Gasteiger partial charge in [0, 0.05) is 54.9 Å². The van der Waals surface area contributed by atoms with Crippen LogP contribution in [0.1, 0.15) is 58.9 Å². The first-order valence-electron chi connectivity index (χ1n) is 15.8. The fourth-order valence-electron chi connectivity index (χ4n) is 5.39. The average Bonchev–Trinajstić information content (AvgIpc) is 3.74. The Morgan fingerprint density at radius 2 is 2.00 bits per heavy atom. The second-order valence-corrected chi connectivity index (χ2v) is 15.7. The van der Waals surface area contributed by atoms with Gasteiger partial charge < -0.3 is 29.7 Å². The molecule has 0 aliphatic carbocycles. The molecule has 2 aromatic carbocycles. The number of nitrogens with one attached hydrogen (secondary N) is 2. The van der Waals surface area contributed by atoms with Crippen LogP contribution in [0.2, 0.25) is 5.02 Å². The highest BCUT2D eigenvalue weighted by molar-refractivity contribution is 7.93. The van der Waals surface area contributed by atoms with Crippen molar-refractivity contribution in [3.63, 3.8) is 0 Å². The van der Waals surface area contributed by atoms with E-state index < -0.39 is 26.3 Å². The number of anilines is 2. The van der Waals surface area contributed by atoms with Crippen molar-refractivity contribution in [2.45, 2.75) is 82.5 Å². The second kappa shape index (κ2) is 16.4. The monoisotopic (exact) mass is 725 g/mol. The van der Waals surface area contributed by atoms with Crippen molar-refractivity contribution in [3.8, 4) is 11.5 Å². The standard InChI is InChI=1S/C33H45ClFN5O6S2/c1-22(38-20-24-10-8-15-39(24)32(41)46-33(2,3)4)9-7-13-36-28-19-27(35)30(18-26(28)34)48(42,43)40(31-37-14-16-47-31)21-23-11-12-25(44-5)17-29(23)45-6/h11-12,14,16-19,22,24,36,38H,7-10,13,15,20-21H2,1-6H3/t22?,24-/m0/s1. The van der Waals surface area contributed by atoms with Crippen molar-refractivity contribution in [2.24, 2.45) is 0 Å². The smallest absolute Gasteiger partial charge is 0.410 e. The number of halogens is 2. The van der Waals surface area contributed by atoms with E-state index in [2.05, 4.69) is 22.5 Å². The van der Waals surface area contributed by atoms with Gasteiger partial charge in [-0.05, 0) is 77.6 Å². The molecule has 1 aliphatic rings. The van der Waals surface area contributed by atoms with Gasteiger partial charge in [0.15, 0.2) is 5.13 Å². The average molecular weight is 726 g/mol. The highest BCUT2D eigenvalue weighted by Crippen LogP contribution is 2.35. The first-order valence-corrected chi connectivity index (χ1v) is 18.5. The maximum absolute atomic E-state index is 15.6. The van der Waals surface area contributed by atoms with Gasteiger partial charge in [-0.1, -0.05) is 11.6 Å². The number of nitrogens with zero attached hydrogens (tertiary/aromatic N) is 3. The van der Waals surface area contributed by atoms with Crippen LogP contribution in [0.4, 0.5) is 20.0 Å². The zero-order valence-corrected chi connectivity index (χ0v) is 30.6. The molecule has 1 fully saturated rings. The number of thiazole rings is 1. The maximum Gasteiger partial charge on any atom is 0.410 e. The SMILES string of the molecule is COc1ccc(CN(c2nccs2)S(=O)(=O)c2cc(Cl)c(NCCCC(C)NC[C@@H]3CCCN3C(=O)OC(C)(C)C)cc2F)c(OC)c1. The van der Waals surface area contributed by atoms with Crippen molar-refractivity contribution in [1.82, 2.24) is 15.2 Å². The number of hydrogen-bond acceptors (Lipinski definition) is 10. The Labute approximate surface area is 291 Å². The number of aromatic nitrogens is 1. The van der Waals surface area contributed by atoms with E-state index >= 15 is 4.39 Å². The third-order valence-corrected chi connectivity index (χ3v) is 10.8. The Hall–Kier alpha value is -3.33. The molecule has 1 amide bonds. The third-order valence-electron chi connectivity index (χ3n) is 7.87. The van der Waals surface area contributed by atoms with Gasteiger partial charge in [-0.3, -0.25) is 0 Å². The van der Waals surface area contributed by atoms with Crippen LogP contribution in [0.5, 0.6) is 11.5 Å². The summed E-state index contributed by atoms with van der Waals surface area (Å²) in [6.07, 6.45) is 4.63. The van der Waals surface area contributed by atoms with Crippen LogP contribution in [-0.2, 0) is 21.3 Å². The molecule has 1 aliphatic heterocycles. The van der Waals surface area contributed by atoms with E-state index in [0.717, 1.165) is 53.5 Å². The van der Waals surface area contributed by atoms with Gasteiger partial charge in [0.2, 0.25) is 0 Å². The summed E-state index contributed by atoms with van der Waals surface area (Å²) in [4.78, 5) is 18.0. The highest BCUT2D eigenvalue weighted by Gasteiger charge is 2.33. The molecule has 264 valence electrons. The summed E-state index contributed by atoms with van der Waals surface area (Å²) in [7, 11) is -1.44. The molecule has 4 rings (SSSR count). The molecule has 0 radical (unpaired) electrons. The second-order valence-electron chi connectivity index (χ2n) is 12.6. The lowest BCUT2D eigenvalue weighted by molar-refractivity contribution is 0.0225. The van der Waals surface area contributed by atoms with E-state index in [9.17, 15) is 13.2 Å². The van der Waals surface area contributed by atoms with Gasteiger partial charge in [0.1, 0.15) is 27.8 Å². The Balaban J connectivity index is 1.36. The van der Waals surface area contributed by atoms with Crippen molar-refractivity contribution >= 4 is 49.9 Å². The van der Waals surface area contributed by atoms with Gasteiger partial charge in [-0.25, -0.2) is 26.9 Å². The van der Waals surface area contributed by atoms with E-state index in [1.165, 1.54) is 20.4 Å². The van der Waals surface area contributed by atoms with Gasteiger partial charge in [-0.2, -0.15) is 0 Å². The molecule has 48 heavy (non-hydrogen) atoms. The largest absolute Gasteiger partial charge is 0.497 e. The molecule has 1 saturated heterocycles. The van der Waals surface area contributed by atoms with Crippen molar-refractivity contribution < 1.29 is 31.8 Å². The quantitative estimate of drug-likeness (QED) is 0.161. The third kappa shape index (κ3) is 9.64. The molecular formula is C33H45ClFN5O6S2. The summed E-state index contributed by atoms with van der Waals surface area (Å²) >= 11 is 7.62. The highest BCUT2D eigenvalue weighted by atomic mass is 35.5. The normalized spacial score (nSPS) is 15.7. The van der Waals surface area contributed by atoms with Crippen LogP contribution in [0.25, 0.3) is 0 Å². The van der Waals surface area contributed by atoms with E-state index in [0.29, 0.717) is 42.4 Å². The lowest BCUT2D eigenvalue weighted by Crippen LogP contribution is -2.45. The summed E-state index contributed by atoms with van der Waals surface area (Å²) in [5.41, 5.74) is 0.298. The number of carbonyl (C=O) groups excluding carboxylic acids is 1.